The van der Waals surface area contributed by atoms with E-state index in [4.69, 9.17) is 13.9 Å². The zero-order valence-corrected chi connectivity index (χ0v) is 17.5. The molecule has 1 unspecified atom stereocenters. The Morgan fingerprint density at radius 1 is 1.21 bits per heavy atom. The molecule has 0 saturated heterocycles. The highest BCUT2D eigenvalue weighted by atomic mass is 16.5. The number of hydrogen-bond acceptors (Lipinski definition) is 4. The van der Waals surface area contributed by atoms with Gasteiger partial charge in [0.2, 0.25) is 5.91 Å². The summed E-state index contributed by atoms with van der Waals surface area (Å²) >= 11 is 0. The van der Waals surface area contributed by atoms with Gasteiger partial charge in [-0.2, -0.15) is 0 Å². The number of benzene rings is 2. The first-order valence-electron chi connectivity index (χ1n) is 9.69. The predicted octanol–water partition coefficient (Wildman–Crippen LogP) is 5.44. The summed E-state index contributed by atoms with van der Waals surface area (Å²) in [6, 6.07) is 11.8. The fourth-order valence-electron chi connectivity index (χ4n) is 3.21. The van der Waals surface area contributed by atoms with E-state index in [2.05, 4.69) is 5.32 Å². The van der Waals surface area contributed by atoms with E-state index < -0.39 is 0 Å². The van der Waals surface area contributed by atoms with Gasteiger partial charge in [-0.1, -0.05) is 19.1 Å². The van der Waals surface area contributed by atoms with Crippen LogP contribution in [0.4, 0.5) is 0 Å². The molecule has 5 nitrogen and oxygen atoms in total. The Balaban J connectivity index is 2.06. The topological polar surface area (TPSA) is 60.7 Å². The van der Waals surface area contributed by atoms with Crippen molar-refractivity contribution in [3.63, 3.8) is 0 Å². The van der Waals surface area contributed by atoms with Crippen LogP contribution in [0.1, 0.15) is 32.8 Å². The highest BCUT2D eigenvalue weighted by molar-refractivity contribution is 6.00. The second kappa shape index (κ2) is 8.86. The number of furan rings is 1. The summed E-state index contributed by atoms with van der Waals surface area (Å²) in [7, 11) is 3.26. The van der Waals surface area contributed by atoms with Crippen LogP contribution in [-0.4, -0.2) is 26.2 Å². The number of allylic oxidation sites excluding steroid dienone is 1. The molecular weight excluding hydrogens is 366 g/mol. The Morgan fingerprint density at radius 3 is 2.69 bits per heavy atom. The van der Waals surface area contributed by atoms with Crippen LogP contribution in [0.15, 0.2) is 53.2 Å². The molecule has 0 spiro atoms. The third-order valence-corrected chi connectivity index (χ3v) is 5.05. The molecule has 1 N–H and O–H groups in total. The van der Waals surface area contributed by atoms with E-state index in [-0.39, 0.29) is 11.9 Å². The molecule has 29 heavy (non-hydrogen) atoms. The van der Waals surface area contributed by atoms with Crippen LogP contribution in [-0.2, 0) is 4.79 Å². The summed E-state index contributed by atoms with van der Waals surface area (Å²) in [6.45, 7) is 5.93. The molecule has 1 atom stereocenters. The van der Waals surface area contributed by atoms with Crippen molar-refractivity contribution in [1.82, 2.24) is 5.32 Å². The van der Waals surface area contributed by atoms with Crippen LogP contribution in [0.3, 0.4) is 0 Å². The maximum atomic E-state index is 12.3. The highest BCUT2D eigenvalue weighted by Crippen LogP contribution is 2.38. The first-order valence-corrected chi connectivity index (χ1v) is 9.69. The van der Waals surface area contributed by atoms with Gasteiger partial charge in [0.1, 0.15) is 17.1 Å². The summed E-state index contributed by atoms with van der Waals surface area (Å²) in [6.07, 6.45) is 4.23. The Bertz CT molecular complexity index is 1050. The number of amides is 1. The third kappa shape index (κ3) is 4.45. The summed E-state index contributed by atoms with van der Waals surface area (Å²) in [5.41, 5.74) is 4.35. The molecule has 152 valence electrons. The molecule has 0 radical (unpaired) electrons. The first-order chi connectivity index (χ1) is 14.0. The van der Waals surface area contributed by atoms with E-state index in [0.29, 0.717) is 5.75 Å². The van der Waals surface area contributed by atoms with Crippen molar-refractivity contribution in [2.75, 3.05) is 14.2 Å². The minimum Gasteiger partial charge on any atom is -0.497 e. The Kier molecular flexibility index (Phi) is 6.27. The normalized spacial score (nSPS) is 12.7. The van der Waals surface area contributed by atoms with Gasteiger partial charge in [-0.05, 0) is 49.6 Å². The number of nitrogens with one attached hydrogen (secondary N) is 1. The minimum atomic E-state index is -0.112. The van der Waals surface area contributed by atoms with E-state index in [0.717, 1.165) is 45.4 Å². The molecule has 0 bridgehead atoms. The summed E-state index contributed by atoms with van der Waals surface area (Å²) in [5.74, 6) is 1.33. The van der Waals surface area contributed by atoms with Crippen LogP contribution in [0.2, 0.25) is 0 Å². The fourth-order valence-corrected chi connectivity index (χ4v) is 3.21. The van der Waals surface area contributed by atoms with Crippen LogP contribution in [0, 0.1) is 0 Å². The maximum Gasteiger partial charge on any atom is 0.244 e. The van der Waals surface area contributed by atoms with Gasteiger partial charge in [0.25, 0.3) is 0 Å². The molecule has 0 saturated carbocycles. The minimum absolute atomic E-state index is 0.112. The van der Waals surface area contributed by atoms with Crippen LogP contribution in [0.5, 0.6) is 11.5 Å². The predicted molar refractivity (Wildman–Crippen MR) is 116 cm³/mol. The maximum absolute atomic E-state index is 12.3. The standard InChI is InChI=1S/C24H27NO4/c1-6-16(3)25-24(26)10-15(2)19-12-20-21(14-29-23(20)13-22(19)28-5)17-8-7-9-18(11-17)27-4/h7-14,16H,6H2,1-5H3,(H,25,26)/b15-10+. The number of ether oxygens (including phenoxy) is 2. The molecule has 3 aromatic rings. The Hall–Kier alpha value is -3.21. The van der Waals surface area contributed by atoms with E-state index in [1.54, 1.807) is 26.6 Å². The van der Waals surface area contributed by atoms with E-state index >= 15 is 0 Å². The highest BCUT2D eigenvalue weighted by Gasteiger charge is 2.15. The van der Waals surface area contributed by atoms with Gasteiger partial charge in [0.15, 0.2) is 0 Å². The van der Waals surface area contributed by atoms with Crippen molar-refractivity contribution in [3.05, 3.63) is 54.3 Å². The summed E-state index contributed by atoms with van der Waals surface area (Å²) in [5, 5.41) is 3.91. The number of rotatable bonds is 7. The fraction of sp³-hybridized carbons (Fsp3) is 0.292. The number of carbonyl (C=O) groups excluding carboxylic acids is 1. The van der Waals surface area contributed by atoms with E-state index in [9.17, 15) is 4.79 Å². The summed E-state index contributed by atoms with van der Waals surface area (Å²) in [4.78, 5) is 12.3. The molecule has 0 aliphatic carbocycles. The van der Waals surface area contributed by atoms with Crippen molar-refractivity contribution in [2.45, 2.75) is 33.2 Å². The Labute approximate surface area is 171 Å². The van der Waals surface area contributed by atoms with Crippen molar-refractivity contribution in [1.29, 1.82) is 0 Å². The average Bonchev–Trinajstić information content (AvgIpc) is 3.15. The number of fused-ring (bicyclic) bond motifs is 1. The number of methoxy groups -OCH3 is 2. The van der Waals surface area contributed by atoms with Gasteiger partial charge in [-0.3, -0.25) is 4.79 Å². The van der Waals surface area contributed by atoms with Crippen molar-refractivity contribution >= 4 is 22.4 Å². The second-order valence-corrected chi connectivity index (χ2v) is 7.08. The molecule has 3 rings (SSSR count). The second-order valence-electron chi connectivity index (χ2n) is 7.08. The van der Waals surface area contributed by atoms with E-state index in [1.165, 1.54) is 0 Å². The third-order valence-electron chi connectivity index (χ3n) is 5.05. The SMILES string of the molecule is CCC(C)NC(=O)/C=C(\C)c1cc2c(-c3cccc(OC)c3)coc2cc1OC. The zero-order valence-electron chi connectivity index (χ0n) is 17.5. The average molecular weight is 393 g/mol. The zero-order chi connectivity index (χ0) is 21.0. The quantitative estimate of drug-likeness (QED) is 0.543. The number of carbonyl (C=O) groups is 1. The molecule has 2 aromatic carbocycles. The van der Waals surface area contributed by atoms with Crippen molar-refractivity contribution < 1.29 is 18.7 Å². The van der Waals surface area contributed by atoms with Gasteiger partial charge in [-0.25, -0.2) is 0 Å². The molecular formula is C24H27NO4. The molecule has 0 fully saturated rings. The van der Waals surface area contributed by atoms with Gasteiger partial charge < -0.3 is 19.2 Å². The first kappa shape index (κ1) is 20.5. The van der Waals surface area contributed by atoms with Gasteiger partial charge in [0, 0.05) is 34.7 Å². The van der Waals surface area contributed by atoms with Gasteiger partial charge in [-0.15, -0.1) is 0 Å². The molecule has 1 heterocycles. The molecule has 0 aliphatic rings. The van der Waals surface area contributed by atoms with Gasteiger partial charge in [0.05, 0.1) is 20.5 Å². The largest absolute Gasteiger partial charge is 0.497 e. The lowest BCUT2D eigenvalue weighted by atomic mass is 9.99. The molecule has 1 aromatic heterocycles. The smallest absolute Gasteiger partial charge is 0.244 e. The van der Waals surface area contributed by atoms with Crippen molar-refractivity contribution in [3.8, 4) is 22.6 Å². The van der Waals surface area contributed by atoms with Gasteiger partial charge >= 0.3 is 0 Å². The molecule has 5 heteroatoms. The summed E-state index contributed by atoms with van der Waals surface area (Å²) < 4.78 is 16.7. The van der Waals surface area contributed by atoms with Crippen LogP contribution >= 0.6 is 0 Å². The lowest BCUT2D eigenvalue weighted by Gasteiger charge is -2.12. The number of hydrogen-bond donors (Lipinski definition) is 1. The van der Waals surface area contributed by atoms with Crippen molar-refractivity contribution in [2.24, 2.45) is 0 Å². The van der Waals surface area contributed by atoms with Crippen LogP contribution in [0.25, 0.3) is 27.7 Å². The van der Waals surface area contributed by atoms with Crippen LogP contribution < -0.4 is 14.8 Å². The molecule has 0 aliphatic heterocycles. The molecule has 1 amide bonds. The monoisotopic (exact) mass is 393 g/mol. The van der Waals surface area contributed by atoms with E-state index in [1.807, 2.05) is 57.2 Å². The lowest BCUT2D eigenvalue weighted by Crippen LogP contribution is -2.30. The Morgan fingerprint density at radius 2 is 2.00 bits per heavy atom. The lowest BCUT2D eigenvalue weighted by molar-refractivity contribution is -0.117.